The normalized spacial score (nSPS) is 17.2. The van der Waals surface area contributed by atoms with Gasteiger partial charge in [-0.2, -0.15) is 11.8 Å². The van der Waals surface area contributed by atoms with Gasteiger partial charge in [0.05, 0.1) is 5.75 Å². The summed E-state index contributed by atoms with van der Waals surface area (Å²) in [5.74, 6) is 3.63. The van der Waals surface area contributed by atoms with Crippen LogP contribution in [-0.4, -0.2) is 48.5 Å². The van der Waals surface area contributed by atoms with Crippen molar-refractivity contribution in [3.63, 3.8) is 0 Å². The van der Waals surface area contributed by atoms with E-state index in [0.717, 1.165) is 56.6 Å². The fourth-order valence-corrected chi connectivity index (χ4v) is 3.44. The molecule has 1 N–H and O–H groups in total. The van der Waals surface area contributed by atoms with Gasteiger partial charge in [-0.15, -0.1) is 0 Å². The van der Waals surface area contributed by atoms with Crippen LogP contribution in [0.2, 0.25) is 0 Å². The minimum absolute atomic E-state index is 0.343. The van der Waals surface area contributed by atoms with E-state index in [1.54, 1.807) is 11.8 Å². The summed E-state index contributed by atoms with van der Waals surface area (Å²) >= 11 is 1.79. The second-order valence-electron chi connectivity index (χ2n) is 5.87. The molecule has 1 amide bonds. The van der Waals surface area contributed by atoms with E-state index in [4.69, 9.17) is 0 Å². The number of carbonyl (C=O) groups is 1. The number of rotatable bonds is 8. The lowest BCUT2D eigenvalue weighted by atomic mass is 9.97. The first kappa shape index (κ1) is 16.8. The van der Waals surface area contributed by atoms with E-state index in [1.807, 2.05) is 0 Å². The topological polar surface area (TPSA) is 32.3 Å². The third-order valence-electron chi connectivity index (χ3n) is 3.72. The minimum atomic E-state index is 0.343. The Kier molecular flexibility index (Phi) is 8.55. The maximum atomic E-state index is 12.1. The lowest BCUT2D eigenvalue weighted by molar-refractivity contribution is -0.129. The summed E-state index contributed by atoms with van der Waals surface area (Å²) in [4.78, 5) is 14.1. The van der Waals surface area contributed by atoms with Crippen molar-refractivity contribution in [2.75, 3.05) is 37.7 Å². The lowest BCUT2D eigenvalue weighted by Crippen LogP contribution is -2.41. The van der Waals surface area contributed by atoms with E-state index in [2.05, 4.69) is 31.0 Å². The van der Waals surface area contributed by atoms with Gasteiger partial charge < -0.3 is 10.2 Å². The average Bonchev–Trinajstić information content (AvgIpc) is 2.41. The molecule has 0 spiro atoms. The molecule has 0 aromatic heterocycles. The average molecular weight is 286 g/mol. The molecule has 0 radical (unpaired) electrons. The van der Waals surface area contributed by atoms with Crippen LogP contribution in [0.4, 0.5) is 0 Å². The number of amides is 1. The number of hydrogen-bond acceptors (Lipinski definition) is 3. The summed E-state index contributed by atoms with van der Waals surface area (Å²) < 4.78 is 0. The van der Waals surface area contributed by atoms with Crippen LogP contribution < -0.4 is 5.32 Å². The number of thioether (sulfide) groups is 1. The monoisotopic (exact) mass is 286 g/mol. The van der Waals surface area contributed by atoms with Crippen molar-refractivity contribution in [1.82, 2.24) is 10.2 Å². The van der Waals surface area contributed by atoms with Gasteiger partial charge in [-0.3, -0.25) is 4.79 Å². The lowest BCUT2D eigenvalue weighted by Gasteiger charge is -2.32. The first-order chi connectivity index (χ1) is 9.13. The van der Waals surface area contributed by atoms with Gasteiger partial charge in [0.25, 0.3) is 0 Å². The quantitative estimate of drug-likeness (QED) is 0.696. The summed E-state index contributed by atoms with van der Waals surface area (Å²) in [7, 11) is 0. The largest absolute Gasteiger partial charge is 0.342 e. The van der Waals surface area contributed by atoms with Gasteiger partial charge in [-0.1, -0.05) is 20.8 Å². The van der Waals surface area contributed by atoms with Crippen molar-refractivity contribution in [2.45, 2.75) is 40.0 Å². The van der Waals surface area contributed by atoms with Crippen LogP contribution in [0.1, 0.15) is 40.0 Å². The second-order valence-corrected chi connectivity index (χ2v) is 6.97. The highest BCUT2D eigenvalue weighted by molar-refractivity contribution is 7.99. The summed E-state index contributed by atoms with van der Waals surface area (Å²) in [6.07, 6.45) is 3.54. The Labute approximate surface area is 122 Å². The van der Waals surface area contributed by atoms with E-state index in [-0.39, 0.29) is 0 Å². The van der Waals surface area contributed by atoms with E-state index in [9.17, 15) is 4.79 Å². The van der Waals surface area contributed by atoms with Gasteiger partial charge in [-0.25, -0.2) is 0 Å². The van der Waals surface area contributed by atoms with Crippen LogP contribution in [0, 0.1) is 11.8 Å². The van der Waals surface area contributed by atoms with Crippen molar-refractivity contribution in [3.8, 4) is 0 Å². The fourth-order valence-electron chi connectivity index (χ4n) is 2.30. The number of piperidine rings is 1. The molecule has 4 heteroatoms. The third kappa shape index (κ3) is 7.21. The minimum Gasteiger partial charge on any atom is -0.342 e. The van der Waals surface area contributed by atoms with Gasteiger partial charge in [0.15, 0.2) is 0 Å². The zero-order valence-electron chi connectivity index (χ0n) is 12.8. The molecule has 19 heavy (non-hydrogen) atoms. The molecule has 0 saturated carbocycles. The molecule has 1 saturated heterocycles. The fraction of sp³-hybridized carbons (Fsp3) is 0.933. The van der Waals surface area contributed by atoms with Crippen molar-refractivity contribution in [2.24, 2.45) is 11.8 Å². The Morgan fingerprint density at radius 2 is 2.05 bits per heavy atom. The molecular weight excluding hydrogens is 256 g/mol. The van der Waals surface area contributed by atoms with Crippen LogP contribution >= 0.6 is 11.8 Å². The molecule has 0 aromatic carbocycles. The van der Waals surface area contributed by atoms with Gasteiger partial charge in [0, 0.05) is 13.1 Å². The SMILES string of the molecule is CCNCC1CCN(C(=O)CSCCC(C)C)CC1. The Morgan fingerprint density at radius 1 is 1.37 bits per heavy atom. The first-order valence-electron chi connectivity index (χ1n) is 7.69. The van der Waals surface area contributed by atoms with Gasteiger partial charge in [-0.05, 0) is 49.9 Å². The van der Waals surface area contributed by atoms with Crippen molar-refractivity contribution in [1.29, 1.82) is 0 Å². The summed E-state index contributed by atoms with van der Waals surface area (Å²) in [6, 6.07) is 0. The second kappa shape index (κ2) is 9.65. The van der Waals surface area contributed by atoms with Gasteiger partial charge in [0.1, 0.15) is 0 Å². The zero-order valence-corrected chi connectivity index (χ0v) is 13.6. The molecule has 0 aliphatic carbocycles. The molecule has 0 atom stereocenters. The number of nitrogens with zero attached hydrogens (tertiary/aromatic N) is 1. The first-order valence-corrected chi connectivity index (χ1v) is 8.85. The van der Waals surface area contributed by atoms with E-state index >= 15 is 0 Å². The number of carbonyl (C=O) groups excluding carboxylic acids is 1. The van der Waals surface area contributed by atoms with Crippen molar-refractivity contribution < 1.29 is 4.79 Å². The van der Waals surface area contributed by atoms with Crippen LogP contribution in [0.15, 0.2) is 0 Å². The molecule has 1 fully saturated rings. The van der Waals surface area contributed by atoms with Crippen LogP contribution in [0.25, 0.3) is 0 Å². The Morgan fingerprint density at radius 3 is 2.63 bits per heavy atom. The molecule has 3 nitrogen and oxygen atoms in total. The predicted octanol–water partition coefficient (Wildman–Crippen LogP) is 2.61. The van der Waals surface area contributed by atoms with E-state index in [1.165, 1.54) is 6.42 Å². The molecule has 1 rings (SSSR count). The molecule has 1 heterocycles. The highest BCUT2D eigenvalue weighted by Crippen LogP contribution is 2.18. The van der Waals surface area contributed by atoms with Gasteiger partial charge in [0.2, 0.25) is 5.91 Å². The zero-order chi connectivity index (χ0) is 14.1. The van der Waals surface area contributed by atoms with Gasteiger partial charge >= 0.3 is 0 Å². The maximum Gasteiger partial charge on any atom is 0.232 e. The van der Waals surface area contributed by atoms with E-state index in [0.29, 0.717) is 11.7 Å². The highest BCUT2D eigenvalue weighted by atomic mass is 32.2. The Bertz CT molecular complexity index is 251. The van der Waals surface area contributed by atoms with Crippen LogP contribution in [-0.2, 0) is 4.79 Å². The molecule has 0 aromatic rings. The summed E-state index contributed by atoms with van der Waals surface area (Å²) in [5, 5.41) is 3.41. The molecule has 0 unspecified atom stereocenters. The molecule has 1 aliphatic rings. The smallest absolute Gasteiger partial charge is 0.232 e. The number of hydrogen-bond donors (Lipinski definition) is 1. The molecule has 112 valence electrons. The van der Waals surface area contributed by atoms with Crippen molar-refractivity contribution in [3.05, 3.63) is 0 Å². The van der Waals surface area contributed by atoms with E-state index < -0.39 is 0 Å². The summed E-state index contributed by atoms with van der Waals surface area (Å²) in [6.45, 7) is 10.7. The molecule has 0 bridgehead atoms. The van der Waals surface area contributed by atoms with Crippen LogP contribution in [0.3, 0.4) is 0 Å². The molecular formula is C15H30N2OS. The molecule has 1 aliphatic heterocycles. The number of likely N-dealkylation sites (tertiary alicyclic amines) is 1. The maximum absolute atomic E-state index is 12.1. The third-order valence-corrected chi connectivity index (χ3v) is 4.69. The standard InChI is InChI=1S/C15H30N2OS/c1-4-16-11-14-5-8-17(9-6-14)15(18)12-19-10-7-13(2)3/h13-14,16H,4-12H2,1-3H3. The number of nitrogens with one attached hydrogen (secondary N) is 1. The highest BCUT2D eigenvalue weighted by Gasteiger charge is 2.22. The van der Waals surface area contributed by atoms with Crippen LogP contribution in [0.5, 0.6) is 0 Å². The Hall–Kier alpha value is -0.220. The Balaban J connectivity index is 2.11. The van der Waals surface area contributed by atoms with Crippen molar-refractivity contribution >= 4 is 17.7 Å². The summed E-state index contributed by atoms with van der Waals surface area (Å²) in [5.41, 5.74) is 0. The predicted molar refractivity (Wildman–Crippen MR) is 84.6 cm³/mol.